The first kappa shape index (κ1) is 66.5. The molecule has 86 heavy (non-hydrogen) atoms. The minimum absolute atomic E-state index is 0.0785. The summed E-state index contributed by atoms with van der Waals surface area (Å²) in [6, 6.07) is 39.6. The summed E-state index contributed by atoms with van der Waals surface area (Å²) < 4.78 is 86.7. The van der Waals surface area contributed by atoms with Crippen molar-refractivity contribution >= 4 is 40.5 Å². The van der Waals surface area contributed by atoms with Crippen LogP contribution < -0.4 is 27.8 Å². The van der Waals surface area contributed by atoms with Crippen LogP contribution in [0.1, 0.15) is 54.0 Å². The second kappa shape index (κ2) is 30.1. The zero-order valence-corrected chi connectivity index (χ0v) is 52.7. The molecule has 0 aromatic heterocycles. The van der Waals surface area contributed by atoms with Gasteiger partial charge in [-0.2, -0.15) is 0 Å². The Morgan fingerprint density at radius 1 is 0.488 bits per heavy atom. The summed E-state index contributed by atoms with van der Waals surface area (Å²) >= 11 is 0. The molecule has 7 rings (SSSR count). The third kappa shape index (κ3) is 18.7. The van der Waals surface area contributed by atoms with E-state index in [-0.39, 0.29) is 23.1 Å². The van der Waals surface area contributed by atoms with E-state index in [0.717, 1.165) is 5.56 Å². The Morgan fingerprint density at radius 3 is 1.28 bits per heavy atom. The van der Waals surface area contributed by atoms with Crippen molar-refractivity contribution in [1.29, 1.82) is 0 Å². The molecule has 0 unspecified atom stereocenters. The molecule has 2 aliphatic rings. The maximum absolute atomic E-state index is 14.1. The number of hydrogen-bond acceptors (Lipinski definition) is 20. The van der Waals surface area contributed by atoms with Gasteiger partial charge in [0.1, 0.15) is 52.8 Å². The summed E-state index contributed by atoms with van der Waals surface area (Å²) in [6.45, 7) is 19.7. The van der Waals surface area contributed by atoms with Crippen LogP contribution in [0.2, 0.25) is 36.3 Å². The van der Waals surface area contributed by atoms with Crippen molar-refractivity contribution in [3.05, 3.63) is 145 Å². The van der Waals surface area contributed by atoms with Gasteiger partial charge < -0.3 is 75.9 Å². The van der Waals surface area contributed by atoms with Crippen LogP contribution in [0.5, 0.6) is 34.5 Å². The third-order valence-corrected chi connectivity index (χ3v) is 24.0. The first-order valence-electron chi connectivity index (χ1n) is 28.7. The molecule has 2 aliphatic heterocycles. The highest BCUT2D eigenvalue weighted by Gasteiger charge is 2.56. The van der Waals surface area contributed by atoms with Gasteiger partial charge in [0.05, 0.1) is 19.3 Å². The van der Waals surface area contributed by atoms with E-state index in [1.165, 1.54) is 6.92 Å². The quantitative estimate of drug-likeness (QED) is 0.0283. The van der Waals surface area contributed by atoms with Crippen LogP contribution >= 0.6 is 0 Å². The van der Waals surface area contributed by atoms with E-state index >= 15 is 0 Å². The van der Waals surface area contributed by atoms with Gasteiger partial charge in [0.2, 0.25) is 0 Å². The van der Waals surface area contributed by atoms with Crippen molar-refractivity contribution in [2.24, 2.45) is 0 Å². The van der Waals surface area contributed by atoms with Crippen LogP contribution in [0.25, 0.3) is 0 Å². The topological polar surface area (TPSA) is 238 Å². The molecule has 2 fully saturated rings. The van der Waals surface area contributed by atoms with Crippen molar-refractivity contribution in [3.8, 4) is 34.5 Å². The molecule has 2 heterocycles. The normalized spacial score (nSPS) is 22.5. The highest BCUT2D eigenvalue weighted by Crippen LogP contribution is 2.44. The number of para-hydroxylation sites is 4. The zero-order chi connectivity index (χ0) is 62.2. The molecular weight excluding hydrogens is 1140 g/mol. The van der Waals surface area contributed by atoms with Crippen molar-refractivity contribution in [2.75, 3.05) is 39.6 Å². The van der Waals surface area contributed by atoms with E-state index < -0.39 is 135 Å². The van der Waals surface area contributed by atoms with Crippen molar-refractivity contribution in [2.45, 2.75) is 153 Å². The van der Waals surface area contributed by atoms with Gasteiger partial charge in [0.15, 0.2) is 63.4 Å². The van der Waals surface area contributed by atoms with E-state index in [9.17, 15) is 29.4 Å². The summed E-state index contributed by atoms with van der Waals surface area (Å²) in [5.74, 6) is -1.28. The minimum Gasteiger partial charge on any atom is -0.541 e. The Morgan fingerprint density at radius 2 is 0.872 bits per heavy atom. The Kier molecular flexibility index (Phi) is 23.2. The van der Waals surface area contributed by atoms with Gasteiger partial charge in [-0.3, -0.25) is 0 Å². The van der Waals surface area contributed by atoms with Gasteiger partial charge in [-0.05, 0) is 116 Å². The van der Waals surface area contributed by atoms with Gasteiger partial charge in [0.25, 0.3) is 16.6 Å². The van der Waals surface area contributed by atoms with Crippen LogP contribution in [0.15, 0.2) is 140 Å². The average Bonchev–Trinajstić information content (AvgIpc) is 1.10. The summed E-state index contributed by atoms with van der Waals surface area (Å²) in [7, 11) is -4.74. The summed E-state index contributed by atoms with van der Waals surface area (Å²) in [5, 5.41) is 22.8. The second-order valence-electron chi connectivity index (χ2n) is 23.9. The Bertz CT molecular complexity index is 2940. The monoisotopic (exact) mass is 1230 g/mol. The predicted octanol–water partition coefficient (Wildman–Crippen LogP) is 9.19. The molecular formula is C64H82O20Si2. The van der Waals surface area contributed by atoms with E-state index in [2.05, 4.69) is 67.7 Å². The third-order valence-electron chi connectivity index (χ3n) is 15.3. The molecule has 0 aliphatic carbocycles. The lowest BCUT2D eigenvalue weighted by molar-refractivity contribution is -0.359. The van der Waals surface area contributed by atoms with Gasteiger partial charge in [-0.25, -0.2) is 19.2 Å². The van der Waals surface area contributed by atoms with Crippen LogP contribution in [0.4, 0.5) is 0 Å². The summed E-state index contributed by atoms with van der Waals surface area (Å²) in [6.07, 6.45) is -16.2. The average molecular weight is 1230 g/mol. The van der Waals surface area contributed by atoms with E-state index in [1.54, 1.807) is 121 Å². The number of hydrogen-bond donors (Lipinski definition) is 2. The van der Waals surface area contributed by atoms with Gasteiger partial charge in [-0.15, -0.1) is 0 Å². The van der Waals surface area contributed by atoms with Crippen LogP contribution in [-0.2, 0) is 63.5 Å². The number of benzene rings is 5. The molecule has 10 atom stereocenters. The number of carbonyl (C=O) groups is 4. The highest BCUT2D eigenvalue weighted by molar-refractivity contribution is 6.75. The van der Waals surface area contributed by atoms with E-state index in [1.807, 2.05) is 18.2 Å². The van der Waals surface area contributed by atoms with E-state index in [0.29, 0.717) is 34.5 Å². The lowest BCUT2D eigenvalue weighted by Gasteiger charge is -2.48. The minimum atomic E-state index is -2.41. The molecule has 0 radical (unpaired) electrons. The van der Waals surface area contributed by atoms with E-state index in [4.69, 9.17) is 65.7 Å². The lowest BCUT2D eigenvalue weighted by Crippen LogP contribution is -2.66. The molecule has 5 aromatic rings. The molecule has 20 nitrogen and oxygen atoms in total. The standard InChI is InChI=1S/C64H82O20Si2/c1-42-56(78-51(66)38-72-44-24-16-12-17-25-44)58(79-52(67)39-73-45-26-18-13-19-27-45)60(81-54(69)41-75-47-30-22-15-23-31-47)62(76-42)82-57-55(70)50(37-65)77-61(59(57)80-53(68)40-74-46-28-20-14-21-29-46)71-35-34-43-32-33-48(83-85(8,9)63(2,3)4)49(36-43)84-86(10,11)64(5,6)7/h12-33,36,42,50,55-62,65,70H,34-35,37-41H2,1-11H3/t42-,50+,55+,56-,57-,58+,59+,60+,61+,62-/m0/s1. The molecule has 22 heteroatoms. The molecule has 5 aromatic carbocycles. The SMILES string of the molecule is C[C@@H]1O[C@@H](O[C@H]2[C@H](O)[C@@H](CO)O[C@@H](OCCc3ccc(O[Si](C)(C)C(C)(C)C)c(O[Si](C)(C)C(C)(C)C)c3)[C@@H]2OC(=O)COc2ccccc2)[C@H](OC(=O)COc2ccccc2)[C@H](OC(=O)COc2ccccc2)[C@H]1OC(=O)COc1ccccc1. The Hall–Kier alpha value is -7.03. The smallest absolute Gasteiger partial charge is 0.344 e. The maximum Gasteiger partial charge on any atom is 0.344 e. The number of carbonyl (C=O) groups excluding carboxylic acids is 4. The Balaban J connectivity index is 1.22. The van der Waals surface area contributed by atoms with Crippen molar-refractivity contribution < 1.29 is 95.1 Å². The summed E-state index contributed by atoms with van der Waals surface area (Å²) in [4.78, 5) is 55.7. The van der Waals surface area contributed by atoms with Crippen LogP contribution in [0, 0.1) is 0 Å². The fourth-order valence-electron chi connectivity index (χ4n) is 8.52. The largest absolute Gasteiger partial charge is 0.541 e. The molecule has 0 amide bonds. The molecule has 2 saturated heterocycles. The van der Waals surface area contributed by atoms with Crippen molar-refractivity contribution in [1.82, 2.24) is 0 Å². The van der Waals surface area contributed by atoms with Crippen molar-refractivity contribution in [3.63, 3.8) is 0 Å². The number of ether oxygens (including phenoxy) is 12. The number of rotatable bonds is 27. The summed E-state index contributed by atoms with van der Waals surface area (Å²) in [5.41, 5.74) is 0.801. The van der Waals surface area contributed by atoms with Gasteiger partial charge in [0, 0.05) is 0 Å². The van der Waals surface area contributed by atoms with Gasteiger partial charge >= 0.3 is 23.9 Å². The molecule has 0 bridgehead atoms. The molecule has 0 spiro atoms. The Labute approximate surface area is 505 Å². The first-order chi connectivity index (χ1) is 40.8. The maximum atomic E-state index is 14.1. The predicted molar refractivity (Wildman–Crippen MR) is 320 cm³/mol. The number of aliphatic hydroxyl groups excluding tert-OH is 2. The molecule has 2 N–H and O–H groups in total. The highest BCUT2D eigenvalue weighted by atomic mass is 28.4. The second-order valence-corrected chi connectivity index (χ2v) is 33.3. The fraction of sp³-hybridized carbons (Fsp3) is 0.469. The van der Waals surface area contributed by atoms with Crippen LogP contribution in [-0.4, -0.2) is 152 Å². The van der Waals surface area contributed by atoms with Crippen LogP contribution in [0.3, 0.4) is 0 Å². The molecule has 466 valence electrons. The number of aliphatic hydroxyl groups is 2. The first-order valence-corrected chi connectivity index (χ1v) is 34.5. The van der Waals surface area contributed by atoms with Gasteiger partial charge in [-0.1, -0.05) is 120 Å². The lowest BCUT2D eigenvalue weighted by atomic mass is 9.96. The molecule has 0 saturated carbocycles. The fourth-order valence-corrected chi connectivity index (χ4v) is 10.6. The number of esters is 4. The zero-order valence-electron chi connectivity index (χ0n) is 50.7.